The first kappa shape index (κ1) is 18.4. The van der Waals surface area contributed by atoms with E-state index >= 15 is 0 Å². The maximum atomic E-state index is 12.3. The number of aliphatic hydroxyl groups is 1. The van der Waals surface area contributed by atoms with Gasteiger partial charge in [0.05, 0.1) is 37.6 Å². The van der Waals surface area contributed by atoms with Crippen molar-refractivity contribution in [2.45, 2.75) is 6.42 Å². The average molecular weight is 374 g/mol. The van der Waals surface area contributed by atoms with Gasteiger partial charge in [-0.15, -0.1) is 0 Å². The maximum absolute atomic E-state index is 12.3. The number of carbonyl (C=O) groups excluding carboxylic acids is 1. The molecule has 2 N–H and O–H groups in total. The van der Waals surface area contributed by atoms with Gasteiger partial charge in [0.15, 0.2) is 0 Å². The fraction of sp³-hybridized carbons (Fsp3) is 0.263. The normalized spacial score (nSPS) is 11.0. The molecule has 6 nitrogen and oxygen atoms in total. The van der Waals surface area contributed by atoms with E-state index in [0.717, 1.165) is 22.6 Å². The molecule has 7 heteroatoms. The van der Waals surface area contributed by atoms with Crippen LogP contribution in [0.15, 0.2) is 48.7 Å². The highest BCUT2D eigenvalue weighted by molar-refractivity contribution is 6.30. The van der Waals surface area contributed by atoms with Crippen LogP contribution in [-0.2, 0) is 16.0 Å². The highest BCUT2D eigenvalue weighted by Crippen LogP contribution is 2.26. The summed E-state index contributed by atoms with van der Waals surface area (Å²) in [5.41, 5.74) is 3.27. The number of hydrogen-bond donors (Lipinski definition) is 2. The van der Waals surface area contributed by atoms with E-state index in [1.807, 2.05) is 53.1 Å². The molecular formula is C19H20ClN3O3. The molecule has 0 fully saturated rings. The van der Waals surface area contributed by atoms with Crippen LogP contribution in [0.1, 0.15) is 5.69 Å². The van der Waals surface area contributed by atoms with Crippen LogP contribution in [0.4, 0.5) is 0 Å². The summed E-state index contributed by atoms with van der Waals surface area (Å²) in [6, 6.07) is 13.1. The molecule has 0 aliphatic rings. The Kier molecular flexibility index (Phi) is 6.22. The third-order valence-electron chi connectivity index (χ3n) is 3.88. The number of halogens is 1. The van der Waals surface area contributed by atoms with Gasteiger partial charge in [0.25, 0.3) is 0 Å². The van der Waals surface area contributed by atoms with E-state index in [0.29, 0.717) is 18.2 Å². The Balaban J connectivity index is 1.81. The summed E-state index contributed by atoms with van der Waals surface area (Å²) < 4.78 is 7.07. The van der Waals surface area contributed by atoms with E-state index in [9.17, 15) is 4.79 Å². The molecule has 0 aliphatic heterocycles. The minimum atomic E-state index is -0.113. The quantitative estimate of drug-likeness (QED) is 0.594. The first-order valence-electron chi connectivity index (χ1n) is 8.36. The molecule has 0 atom stereocenters. The van der Waals surface area contributed by atoms with Crippen LogP contribution in [0.3, 0.4) is 0 Å². The lowest BCUT2D eigenvalue weighted by Gasteiger charge is -2.08. The molecule has 0 bridgehead atoms. The number of imidazole rings is 1. The molecule has 2 heterocycles. The minimum Gasteiger partial charge on any atom is -0.394 e. The molecule has 1 amide bonds. The summed E-state index contributed by atoms with van der Waals surface area (Å²) in [7, 11) is 0. The van der Waals surface area contributed by atoms with Crippen molar-refractivity contribution >= 4 is 23.2 Å². The van der Waals surface area contributed by atoms with Crippen molar-refractivity contribution in [2.75, 3.05) is 26.4 Å². The molecule has 0 saturated heterocycles. The Bertz CT molecular complexity index is 877. The predicted molar refractivity (Wildman–Crippen MR) is 100 cm³/mol. The first-order chi connectivity index (χ1) is 12.7. The summed E-state index contributed by atoms with van der Waals surface area (Å²) >= 11 is 5.98. The van der Waals surface area contributed by atoms with Crippen molar-refractivity contribution in [1.29, 1.82) is 0 Å². The van der Waals surface area contributed by atoms with Gasteiger partial charge in [-0.3, -0.25) is 4.79 Å². The highest BCUT2D eigenvalue weighted by atomic mass is 35.5. The number of carbonyl (C=O) groups is 1. The van der Waals surface area contributed by atoms with Crippen LogP contribution in [0.25, 0.3) is 16.9 Å². The molecule has 0 saturated carbocycles. The van der Waals surface area contributed by atoms with Gasteiger partial charge in [0, 0.05) is 23.3 Å². The number of aliphatic hydroxyl groups excluding tert-OH is 1. The number of nitrogens with zero attached hydrogens (tertiary/aromatic N) is 2. The zero-order valence-corrected chi connectivity index (χ0v) is 14.9. The maximum Gasteiger partial charge on any atom is 0.226 e. The molecule has 2 aromatic heterocycles. The third kappa shape index (κ3) is 4.40. The van der Waals surface area contributed by atoms with Crippen LogP contribution in [0.5, 0.6) is 0 Å². The third-order valence-corrected chi connectivity index (χ3v) is 4.13. The van der Waals surface area contributed by atoms with Gasteiger partial charge >= 0.3 is 0 Å². The van der Waals surface area contributed by atoms with E-state index in [-0.39, 0.29) is 25.5 Å². The second-order valence-corrected chi connectivity index (χ2v) is 6.14. The smallest absolute Gasteiger partial charge is 0.226 e. The Hall–Kier alpha value is -2.41. The predicted octanol–water partition coefficient (Wildman–Crippen LogP) is 2.32. The monoisotopic (exact) mass is 373 g/mol. The lowest BCUT2D eigenvalue weighted by atomic mass is 10.1. The van der Waals surface area contributed by atoms with E-state index in [1.54, 1.807) is 0 Å². The average Bonchev–Trinajstić information content (AvgIpc) is 3.01. The number of rotatable bonds is 8. The summed E-state index contributed by atoms with van der Waals surface area (Å²) in [5.74, 6) is -0.113. The fourth-order valence-corrected chi connectivity index (χ4v) is 2.82. The van der Waals surface area contributed by atoms with E-state index < -0.39 is 0 Å². The zero-order chi connectivity index (χ0) is 18.4. The number of benzene rings is 1. The van der Waals surface area contributed by atoms with Crippen molar-refractivity contribution in [2.24, 2.45) is 0 Å². The molecule has 136 valence electrons. The van der Waals surface area contributed by atoms with Crippen LogP contribution in [0.2, 0.25) is 5.02 Å². The zero-order valence-electron chi connectivity index (χ0n) is 14.2. The molecule has 3 aromatic rings. The number of aromatic nitrogens is 2. The molecule has 0 unspecified atom stereocenters. The number of pyridine rings is 1. The van der Waals surface area contributed by atoms with Gasteiger partial charge < -0.3 is 19.6 Å². The number of nitrogens with one attached hydrogen (secondary N) is 1. The van der Waals surface area contributed by atoms with Gasteiger partial charge in [0.2, 0.25) is 5.91 Å². The molecular weight excluding hydrogens is 354 g/mol. The van der Waals surface area contributed by atoms with Crippen molar-refractivity contribution in [1.82, 2.24) is 14.7 Å². The molecule has 26 heavy (non-hydrogen) atoms. The first-order valence-corrected chi connectivity index (χ1v) is 8.74. The fourth-order valence-electron chi connectivity index (χ4n) is 2.70. The summed E-state index contributed by atoms with van der Waals surface area (Å²) in [6.45, 7) is 0.999. The second kappa shape index (κ2) is 8.80. The van der Waals surface area contributed by atoms with Crippen molar-refractivity contribution in [3.63, 3.8) is 0 Å². The SMILES string of the molecule is O=C(Cc1c(-c2ccc(Cl)cc2)nc2ccccn12)NCCOCCO. The lowest BCUT2D eigenvalue weighted by molar-refractivity contribution is -0.120. The standard InChI is InChI=1S/C19H20ClN3O3/c20-15-6-4-14(5-7-15)19-16(23-9-2-1-3-17(23)22-19)13-18(25)21-8-11-26-12-10-24/h1-7,9,24H,8,10-13H2,(H,21,25). The molecule has 0 aliphatic carbocycles. The Labute approximate surface area is 156 Å². The van der Waals surface area contributed by atoms with Crippen LogP contribution in [-0.4, -0.2) is 46.8 Å². The number of fused-ring (bicyclic) bond motifs is 1. The van der Waals surface area contributed by atoms with Crippen molar-refractivity contribution in [3.8, 4) is 11.3 Å². The lowest BCUT2D eigenvalue weighted by Crippen LogP contribution is -2.29. The summed E-state index contributed by atoms with van der Waals surface area (Å²) in [4.78, 5) is 17.0. The van der Waals surface area contributed by atoms with E-state index in [2.05, 4.69) is 10.3 Å². The van der Waals surface area contributed by atoms with Gasteiger partial charge in [-0.2, -0.15) is 0 Å². The largest absolute Gasteiger partial charge is 0.394 e. The Morgan fingerprint density at radius 3 is 2.77 bits per heavy atom. The van der Waals surface area contributed by atoms with Gasteiger partial charge in [0.1, 0.15) is 5.65 Å². The molecule has 0 radical (unpaired) electrons. The van der Waals surface area contributed by atoms with Crippen LogP contribution in [0, 0.1) is 0 Å². The highest BCUT2D eigenvalue weighted by Gasteiger charge is 2.16. The summed E-state index contributed by atoms with van der Waals surface area (Å²) in [6.07, 6.45) is 2.10. The van der Waals surface area contributed by atoms with Gasteiger partial charge in [-0.05, 0) is 24.3 Å². The number of ether oxygens (including phenoxy) is 1. The van der Waals surface area contributed by atoms with Gasteiger partial charge in [-0.25, -0.2) is 4.98 Å². The van der Waals surface area contributed by atoms with E-state index in [1.165, 1.54) is 0 Å². The second-order valence-electron chi connectivity index (χ2n) is 5.71. The topological polar surface area (TPSA) is 75.9 Å². The Morgan fingerprint density at radius 2 is 2.00 bits per heavy atom. The van der Waals surface area contributed by atoms with Crippen LogP contribution >= 0.6 is 11.6 Å². The van der Waals surface area contributed by atoms with E-state index in [4.69, 9.17) is 21.4 Å². The summed E-state index contributed by atoms with van der Waals surface area (Å²) in [5, 5.41) is 12.1. The van der Waals surface area contributed by atoms with Crippen molar-refractivity contribution < 1.29 is 14.6 Å². The minimum absolute atomic E-state index is 0.0276. The molecule has 1 aromatic carbocycles. The molecule has 3 rings (SSSR count). The Morgan fingerprint density at radius 1 is 1.19 bits per heavy atom. The molecule has 0 spiro atoms. The van der Waals surface area contributed by atoms with Crippen molar-refractivity contribution in [3.05, 3.63) is 59.4 Å². The van der Waals surface area contributed by atoms with Gasteiger partial charge in [-0.1, -0.05) is 29.8 Å². The number of hydrogen-bond acceptors (Lipinski definition) is 4. The van der Waals surface area contributed by atoms with Crippen LogP contribution < -0.4 is 5.32 Å². The number of amides is 1.